The van der Waals surface area contributed by atoms with E-state index >= 15 is 0 Å². The van der Waals surface area contributed by atoms with Crippen LogP contribution >= 0.6 is 0 Å². The van der Waals surface area contributed by atoms with Crippen LogP contribution in [0.4, 0.5) is 5.69 Å². The maximum absolute atomic E-state index is 12.6. The molecule has 1 aromatic carbocycles. The van der Waals surface area contributed by atoms with Gasteiger partial charge in [0.15, 0.2) is 6.19 Å². The van der Waals surface area contributed by atoms with Crippen molar-refractivity contribution in [3.8, 4) is 6.19 Å². The third-order valence-electron chi connectivity index (χ3n) is 5.33. The molecule has 26 heavy (non-hydrogen) atoms. The molecular formula is C20H26N4O2. The predicted molar refractivity (Wildman–Crippen MR) is 99.4 cm³/mol. The molecule has 3 atom stereocenters. The molecule has 6 heteroatoms. The fourth-order valence-corrected chi connectivity index (χ4v) is 4.07. The molecule has 2 bridgehead atoms. The third-order valence-corrected chi connectivity index (χ3v) is 5.33. The van der Waals surface area contributed by atoms with E-state index in [1.807, 2.05) is 25.7 Å². The van der Waals surface area contributed by atoms with Crippen LogP contribution in [0.15, 0.2) is 18.2 Å². The standard InChI is InChI=1S/C20H26N4O2/c1-12(2)8-19(25)22-16-6-4-14(9-13(16)3)20(26)23-17-10-15-5-7-18(17)24(15)11-21/h4,6,9,12,15,17-18H,5,7-8,10H2,1-3H3,(H,22,25)(H,23,26)/t15-,17+,18+/m0/s1. The highest BCUT2D eigenvalue weighted by molar-refractivity contribution is 5.96. The first kappa shape index (κ1) is 18.2. The van der Waals surface area contributed by atoms with Crippen LogP contribution in [-0.4, -0.2) is 34.8 Å². The summed E-state index contributed by atoms with van der Waals surface area (Å²) in [5, 5.41) is 15.2. The summed E-state index contributed by atoms with van der Waals surface area (Å²) in [6.45, 7) is 5.89. The number of nitrogens with one attached hydrogen (secondary N) is 2. The molecule has 2 heterocycles. The van der Waals surface area contributed by atoms with Gasteiger partial charge in [-0.2, -0.15) is 5.26 Å². The predicted octanol–water partition coefficient (Wildman–Crippen LogP) is 2.80. The third kappa shape index (κ3) is 3.67. The maximum Gasteiger partial charge on any atom is 0.251 e. The van der Waals surface area contributed by atoms with Gasteiger partial charge in [-0.15, -0.1) is 0 Å². The zero-order chi connectivity index (χ0) is 18.8. The summed E-state index contributed by atoms with van der Waals surface area (Å²) in [4.78, 5) is 26.4. The van der Waals surface area contributed by atoms with E-state index in [4.69, 9.17) is 0 Å². The van der Waals surface area contributed by atoms with Gasteiger partial charge in [-0.25, -0.2) is 0 Å². The van der Waals surface area contributed by atoms with Crippen molar-refractivity contribution in [3.05, 3.63) is 29.3 Å². The minimum Gasteiger partial charge on any atom is -0.347 e. The van der Waals surface area contributed by atoms with Crippen LogP contribution in [0, 0.1) is 24.3 Å². The van der Waals surface area contributed by atoms with Crippen LogP contribution in [0.1, 0.15) is 55.5 Å². The molecule has 2 N–H and O–H groups in total. The van der Waals surface area contributed by atoms with Crippen molar-refractivity contribution in [3.63, 3.8) is 0 Å². The molecule has 0 radical (unpaired) electrons. The molecule has 2 fully saturated rings. The van der Waals surface area contributed by atoms with E-state index < -0.39 is 0 Å². The highest BCUT2D eigenvalue weighted by Crippen LogP contribution is 2.37. The van der Waals surface area contributed by atoms with Gasteiger partial charge >= 0.3 is 0 Å². The van der Waals surface area contributed by atoms with E-state index in [-0.39, 0.29) is 29.9 Å². The lowest BCUT2D eigenvalue weighted by Crippen LogP contribution is -2.43. The molecule has 1 aromatic rings. The molecule has 2 amide bonds. The largest absolute Gasteiger partial charge is 0.347 e. The summed E-state index contributed by atoms with van der Waals surface area (Å²) in [5.74, 6) is 0.164. The average Bonchev–Trinajstić information content (AvgIpc) is 3.12. The van der Waals surface area contributed by atoms with Gasteiger partial charge in [-0.05, 0) is 55.9 Å². The van der Waals surface area contributed by atoms with Crippen molar-refractivity contribution in [1.29, 1.82) is 5.26 Å². The quantitative estimate of drug-likeness (QED) is 0.796. The molecule has 3 rings (SSSR count). The van der Waals surface area contributed by atoms with Crippen LogP contribution in [0.2, 0.25) is 0 Å². The Morgan fingerprint density at radius 2 is 2.12 bits per heavy atom. The van der Waals surface area contributed by atoms with E-state index in [1.165, 1.54) is 0 Å². The second kappa shape index (κ2) is 7.36. The van der Waals surface area contributed by atoms with Crippen LogP contribution < -0.4 is 10.6 Å². The first-order valence-electron chi connectivity index (χ1n) is 9.28. The average molecular weight is 354 g/mol. The van der Waals surface area contributed by atoms with E-state index in [0.29, 0.717) is 17.9 Å². The van der Waals surface area contributed by atoms with E-state index in [9.17, 15) is 14.9 Å². The van der Waals surface area contributed by atoms with Crippen LogP contribution in [0.5, 0.6) is 0 Å². The van der Waals surface area contributed by atoms with Gasteiger partial charge in [0.2, 0.25) is 5.91 Å². The van der Waals surface area contributed by atoms with Crippen molar-refractivity contribution < 1.29 is 9.59 Å². The Hall–Kier alpha value is -2.55. The van der Waals surface area contributed by atoms with Crippen LogP contribution in [0.3, 0.4) is 0 Å². The van der Waals surface area contributed by atoms with E-state index in [1.54, 1.807) is 18.2 Å². The minimum absolute atomic E-state index is 0.0149. The fourth-order valence-electron chi connectivity index (χ4n) is 4.07. The SMILES string of the molecule is Cc1cc(C(=O)N[C@@H]2C[C@@H]3CC[C@H]2N3C#N)ccc1NC(=O)CC(C)C. The molecule has 138 valence electrons. The van der Waals surface area contributed by atoms with Gasteiger partial charge in [-0.1, -0.05) is 13.8 Å². The van der Waals surface area contributed by atoms with Gasteiger partial charge < -0.3 is 15.5 Å². The number of nitriles is 1. The monoisotopic (exact) mass is 354 g/mol. The van der Waals surface area contributed by atoms with Crippen molar-refractivity contribution in [1.82, 2.24) is 10.2 Å². The Kier molecular flexibility index (Phi) is 5.17. The van der Waals surface area contributed by atoms with Gasteiger partial charge in [0, 0.05) is 23.7 Å². The maximum atomic E-state index is 12.6. The van der Waals surface area contributed by atoms with E-state index in [2.05, 4.69) is 16.8 Å². The summed E-state index contributed by atoms with van der Waals surface area (Å²) in [6.07, 6.45) is 5.57. The number of carbonyl (C=O) groups excluding carboxylic acids is 2. The number of anilines is 1. The highest BCUT2D eigenvalue weighted by Gasteiger charge is 2.46. The highest BCUT2D eigenvalue weighted by atomic mass is 16.2. The number of hydrogen-bond acceptors (Lipinski definition) is 4. The zero-order valence-corrected chi connectivity index (χ0v) is 15.6. The first-order chi connectivity index (χ1) is 12.4. The summed E-state index contributed by atoms with van der Waals surface area (Å²) in [7, 11) is 0. The first-order valence-corrected chi connectivity index (χ1v) is 9.28. The second-order valence-electron chi connectivity index (χ2n) is 7.80. The van der Waals surface area contributed by atoms with E-state index in [0.717, 1.165) is 30.5 Å². The minimum atomic E-state index is -0.122. The number of aryl methyl sites for hydroxylation is 1. The molecule has 0 aliphatic carbocycles. The second-order valence-corrected chi connectivity index (χ2v) is 7.80. The smallest absolute Gasteiger partial charge is 0.251 e. The number of amides is 2. The van der Waals surface area contributed by atoms with Gasteiger partial charge in [0.25, 0.3) is 5.91 Å². The Morgan fingerprint density at radius 3 is 2.73 bits per heavy atom. The molecule has 0 spiro atoms. The number of carbonyl (C=O) groups is 2. The Bertz CT molecular complexity index is 753. The molecule has 0 aromatic heterocycles. The topological polar surface area (TPSA) is 85.2 Å². The molecule has 2 aliphatic heterocycles. The molecule has 2 aliphatic rings. The van der Waals surface area contributed by atoms with Crippen LogP contribution in [-0.2, 0) is 4.79 Å². The van der Waals surface area contributed by atoms with Crippen molar-refractivity contribution in [2.24, 2.45) is 5.92 Å². The van der Waals surface area contributed by atoms with Gasteiger partial charge in [-0.3, -0.25) is 9.59 Å². The van der Waals surface area contributed by atoms with Gasteiger partial charge in [0.1, 0.15) is 0 Å². The number of fused-ring (bicyclic) bond motifs is 2. The molecular weight excluding hydrogens is 328 g/mol. The lowest BCUT2D eigenvalue weighted by Gasteiger charge is -2.22. The Morgan fingerprint density at radius 1 is 1.35 bits per heavy atom. The lowest BCUT2D eigenvalue weighted by atomic mass is 9.95. The summed E-state index contributed by atoms with van der Waals surface area (Å²) < 4.78 is 0. The summed E-state index contributed by atoms with van der Waals surface area (Å²) >= 11 is 0. The lowest BCUT2D eigenvalue weighted by molar-refractivity contribution is -0.116. The van der Waals surface area contributed by atoms with Crippen molar-refractivity contribution in [2.45, 2.75) is 64.6 Å². The summed E-state index contributed by atoms with van der Waals surface area (Å²) in [5.41, 5.74) is 2.18. The fraction of sp³-hybridized carbons (Fsp3) is 0.550. The summed E-state index contributed by atoms with van der Waals surface area (Å²) in [6, 6.07) is 5.76. The molecule has 0 unspecified atom stereocenters. The van der Waals surface area contributed by atoms with Crippen molar-refractivity contribution in [2.75, 3.05) is 5.32 Å². The Balaban J connectivity index is 1.63. The zero-order valence-electron chi connectivity index (χ0n) is 15.6. The van der Waals surface area contributed by atoms with Crippen molar-refractivity contribution >= 4 is 17.5 Å². The molecule has 2 saturated heterocycles. The van der Waals surface area contributed by atoms with Crippen LogP contribution in [0.25, 0.3) is 0 Å². The van der Waals surface area contributed by atoms with Gasteiger partial charge in [0.05, 0.1) is 12.1 Å². The Labute approximate surface area is 154 Å². The number of benzene rings is 1. The number of nitrogens with zero attached hydrogens (tertiary/aromatic N) is 2. The number of rotatable bonds is 5. The molecule has 0 saturated carbocycles. The molecule has 6 nitrogen and oxygen atoms in total. The normalized spacial score (nSPS) is 23.8. The number of hydrogen-bond donors (Lipinski definition) is 2.